The minimum Gasteiger partial charge on any atom is -0.393 e. The van der Waals surface area contributed by atoms with Gasteiger partial charge < -0.3 is 16.8 Å². The SMILES string of the molecule is CCCC(C(=O)NC(C)C(N)=O)C(N)=S. The molecule has 0 radical (unpaired) electrons. The number of rotatable bonds is 6. The summed E-state index contributed by atoms with van der Waals surface area (Å²) in [6.45, 7) is 3.44. The molecular formula is C9H17N3O2S. The van der Waals surface area contributed by atoms with Crippen molar-refractivity contribution in [2.45, 2.75) is 32.7 Å². The van der Waals surface area contributed by atoms with Crippen LogP contribution in [0.1, 0.15) is 26.7 Å². The maximum absolute atomic E-state index is 11.6. The van der Waals surface area contributed by atoms with Crippen molar-refractivity contribution < 1.29 is 9.59 Å². The number of nitrogens with one attached hydrogen (secondary N) is 1. The maximum atomic E-state index is 11.6. The highest BCUT2D eigenvalue weighted by molar-refractivity contribution is 7.80. The van der Waals surface area contributed by atoms with Crippen molar-refractivity contribution in [3.63, 3.8) is 0 Å². The summed E-state index contributed by atoms with van der Waals surface area (Å²) in [5.41, 5.74) is 10.4. The van der Waals surface area contributed by atoms with Crippen LogP contribution in [0.25, 0.3) is 0 Å². The van der Waals surface area contributed by atoms with Crippen LogP contribution >= 0.6 is 12.2 Å². The molecule has 15 heavy (non-hydrogen) atoms. The monoisotopic (exact) mass is 231 g/mol. The molecule has 2 amide bonds. The summed E-state index contributed by atoms with van der Waals surface area (Å²) in [6.07, 6.45) is 1.37. The Kier molecular flexibility index (Phi) is 5.84. The normalized spacial score (nSPS) is 14.0. The maximum Gasteiger partial charge on any atom is 0.239 e. The van der Waals surface area contributed by atoms with Gasteiger partial charge >= 0.3 is 0 Å². The average molecular weight is 231 g/mol. The van der Waals surface area contributed by atoms with E-state index in [1.165, 1.54) is 6.92 Å². The van der Waals surface area contributed by atoms with E-state index in [2.05, 4.69) is 5.32 Å². The van der Waals surface area contributed by atoms with E-state index in [4.69, 9.17) is 23.7 Å². The Labute approximate surface area is 94.6 Å². The quantitative estimate of drug-likeness (QED) is 0.546. The van der Waals surface area contributed by atoms with E-state index in [0.29, 0.717) is 6.42 Å². The Morgan fingerprint density at radius 2 is 1.93 bits per heavy atom. The molecule has 0 aromatic rings. The molecule has 86 valence electrons. The van der Waals surface area contributed by atoms with E-state index in [1.807, 2.05) is 6.92 Å². The van der Waals surface area contributed by atoms with E-state index >= 15 is 0 Å². The van der Waals surface area contributed by atoms with Crippen LogP contribution in [0.2, 0.25) is 0 Å². The summed E-state index contributed by atoms with van der Waals surface area (Å²) < 4.78 is 0. The molecule has 0 rings (SSSR count). The molecular weight excluding hydrogens is 214 g/mol. The van der Waals surface area contributed by atoms with Crippen LogP contribution in [0.4, 0.5) is 0 Å². The smallest absolute Gasteiger partial charge is 0.239 e. The van der Waals surface area contributed by atoms with Gasteiger partial charge in [-0.3, -0.25) is 9.59 Å². The topological polar surface area (TPSA) is 98.2 Å². The summed E-state index contributed by atoms with van der Waals surface area (Å²) in [7, 11) is 0. The number of primary amides is 1. The number of hydrogen-bond acceptors (Lipinski definition) is 3. The molecule has 0 saturated carbocycles. The van der Waals surface area contributed by atoms with Crippen LogP contribution in [-0.2, 0) is 9.59 Å². The van der Waals surface area contributed by atoms with Gasteiger partial charge in [-0.15, -0.1) is 0 Å². The van der Waals surface area contributed by atoms with Crippen molar-refractivity contribution in [3.8, 4) is 0 Å². The summed E-state index contributed by atoms with van der Waals surface area (Å²) in [5, 5.41) is 2.46. The number of nitrogens with two attached hydrogens (primary N) is 2. The van der Waals surface area contributed by atoms with Crippen LogP contribution in [0.5, 0.6) is 0 Å². The van der Waals surface area contributed by atoms with Gasteiger partial charge in [-0.1, -0.05) is 25.6 Å². The number of carbonyl (C=O) groups excluding carboxylic acids is 2. The molecule has 5 N–H and O–H groups in total. The minimum atomic E-state index is -0.703. The van der Waals surface area contributed by atoms with Crippen molar-refractivity contribution >= 4 is 29.0 Å². The van der Waals surface area contributed by atoms with E-state index in [-0.39, 0.29) is 10.9 Å². The summed E-state index contributed by atoms with van der Waals surface area (Å²) in [5.74, 6) is -1.44. The van der Waals surface area contributed by atoms with Gasteiger partial charge in [-0.05, 0) is 13.3 Å². The highest BCUT2D eigenvalue weighted by Crippen LogP contribution is 2.07. The zero-order valence-corrected chi connectivity index (χ0v) is 9.76. The second-order valence-electron chi connectivity index (χ2n) is 3.38. The molecule has 0 bridgehead atoms. The van der Waals surface area contributed by atoms with E-state index in [1.54, 1.807) is 0 Å². The summed E-state index contributed by atoms with van der Waals surface area (Å²) >= 11 is 4.78. The van der Waals surface area contributed by atoms with Crippen LogP contribution in [0.15, 0.2) is 0 Å². The van der Waals surface area contributed by atoms with E-state index in [9.17, 15) is 9.59 Å². The van der Waals surface area contributed by atoms with Crippen molar-refractivity contribution in [2.24, 2.45) is 17.4 Å². The number of amides is 2. The van der Waals surface area contributed by atoms with Crippen molar-refractivity contribution in [3.05, 3.63) is 0 Å². The van der Waals surface area contributed by atoms with Gasteiger partial charge in [0.15, 0.2) is 0 Å². The Bertz CT molecular complexity index is 268. The van der Waals surface area contributed by atoms with Crippen LogP contribution in [0.3, 0.4) is 0 Å². The lowest BCUT2D eigenvalue weighted by Crippen LogP contribution is -2.47. The van der Waals surface area contributed by atoms with Gasteiger partial charge in [0, 0.05) is 0 Å². The Balaban J connectivity index is 4.38. The minimum absolute atomic E-state index is 0.144. The zero-order chi connectivity index (χ0) is 12.0. The van der Waals surface area contributed by atoms with Gasteiger partial charge in [0.05, 0.1) is 10.9 Å². The lowest BCUT2D eigenvalue weighted by atomic mass is 10.0. The van der Waals surface area contributed by atoms with Gasteiger partial charge in [-0.2, -0.15) is 0 Å². The Morgan fingerprint density at radius 1 is 1.40 bits per heavy atom. The van der Waals surface area contributed by atoms with Crippen molar-refractivity contribution in [1.29, 1.82) is 0 Å². The molecule has 0 aliphatic carbocycles. The summed E-state index contributed by atoms with van der Waals surface area (Å²) in [6, 6.07) is -0.703. The molecule has 0 aliphatic heterocycles. The zero-order valence-electron chi connectivity index (χ0n) is 8.95. The largest absolute Gasteiger partial charge is 0.393 e. The molecule has 0 fully saturated rings. The third-order valence-corrected chi connectivity index (χ3v) is 2.31. The fourth-order valence-corrected chi connectivity index (χ4v) is 1.30. The van der Waals surface area contributed by atoms with E-state index < -0.39 is 17.9 Å². The lowest BCUT2D eigenvalue weighted by molar-refractivity contribution is -0.128. The molecule has 6 heteroatoms. The number of hydrogen-bond donors (Lipinski definition) is 3. The molecule has 5 nitrogen and oxygen atoms in total. The summed E-state index contributed by atoms with van der Waals surface area (Å²) in [4.78, 5) is 22.5. The molecule has 2 unspecified atom stereocenters. The molecule has 2 atom stereocenters. The fourth-order valence-electron chi connectivity index (χ4n) is 1.08. The van der Waals surface area contributed by atoms with Crippen LogP contribution < -0.4 is 16.8 Å². The van der Waals surface area contributed by atoms with Gasteiger partial charge in [-0.25, -0.2) is 0 Å². The molecule has 0 spiro atoms. The second kappa shape index (κ2) is 6.34. The first-order chi connectivity index (χ1) is 6.90. The molecule has 0 aromatic carbocycles. The van der Waals surface area contributed by atoms with Gasteiger partial charge in [0.25, 0.3) is 0 Å². The molecule has 0 aliphatic rings. The fraction of sp³-hybridized carbons (Fsp3) is 0.667. The van der Waals surface area contributed by atoms with Crippen LogP contribution in [-0.4, -0.2) is 22.8 Å². The third-order valence-electron chi connectivity index (χ3n) is 2.02. The van der Waals surface area contributed by atoms with Gasteiger partial charge in [0.2, 0.25) is 11.8 Å². The molecule has 0 heterocycles. The lowest BCUT2D eigenvalue weighted by Gasteiger charge is -2.17. The van der Waals surface area contributed by atoms with Crippen LogP contribution in [0, 0.1) is 5.92 Å². The highest BCUT2D eigenvalue weighted by atomic mass is 32.1. The number of thiocarbonyl (C=S) groups is 1. The second-order valence-corrected chi connectivity index (χ2v) is 3.85. The van der Waals surface area contributed by atoms with E-state index in [0.717, 1.165) is 6.42 Å². The first kappa shape index (κ1) is 13.8. The first-order valence-electron chi connectivity index (χ1n) is 4.79. The third kappa shape index (κ3) is 4.73. The average Bonchev–Trinajstić information content (AvgIpc) is 2.12. The number of carbonyl (C=O) groups is 2. The molecule has 0 saturated heterocycles. The highest BCUT2D eigenvalue weighted by Gasteiger charge is 2.23. The Morgan fingerprint density at radius 3 is 2.27 bits per heavy atom. The predicted molar refractivity (Wildman–Crippen MR) is 62.0 cm³/mol. The first-order valence-corrected chi connectivity index (χ1v) is 5.20. The standard InChI is InChI=1S/C9H17N3O2S/c1-3-4-6(8(11)15)9(14)12-5(2)7(10)13/h5-6H,3-4H2,1-2H3,(H2,10,13)(H2,11,15)(H,12,14). The molecule has 0 aromatic heterocycles. The van der Waals surface area contributed by atoms with Crippen molar-refractivity contribution in [2.75, 3.05) is 0 Å². The van der Waals surface area contributed by atoms with Crippen molar-refractivity contribution in [1.82, 2.24) is 5.32 Å². The van der Waals surface area contributed by atoms with Gasteiger partial charge in [0.1, 0.15) is 6.04 Å². The Hall–Kier alpha value is -1.17. The predicted octanol–water partition coefficient (Wildman–Crippen LogP) is -0.321.